The van der Waals surface area contributed by atoms with E-state index in [9.17, 15) is 22.8 Å². The van der Waals surface area contributed by atoms with Crippen LogP contribution in [0.15, 0.2) is 72.8 Å². The van der Waals surface area contributed by atoms with Crippen molar-refractivity contribution in [3.05, 3.63) is 89.5 Å². The maximum absolute atomic E-state index is 13.9. The second-order valence-corrected chi connectivity index (χ2v) is 12.8. The molecule has 3 aromatic carbocycles. The van der Waals surface area contributed by atoms with Gasteiger partial charge in [0.05, 0.1) is 17.6 Å². The van der Waals surface area contributed by atoms with E-state index in [1.165, 1.54) is 19.3 Å². The van der Waals surface area contributed by atoms with Gasteiger partial charge in [-0.15, -0.1) is 0 Å². The van der Waals surface area contributed by atoms with Crippen LogP contribution in [0.1, 0.15) is 119 Å². The smallest absolute Gasteiger partial charge is 0.425 e. The summed E-state index contributed by atoms with van der Waals surface area (Å²) in [7, 11) is 0. The molecule has 0 aromatic heterocycles. The molecule has 4 rings (SSSR count). The van der Waals surface area contributed by atoms with Crippen molar-refractivity contribution in [1.82, 2.24) is 0 Å². The van der Waals surface area contributed by atoms with Gasteiger partial charge in [0, 0.05) is 0 Å². The predicted molar refractivity (Wildman–Crippen MR) is 182 cm³/mol. The zero-order chi connectivity index (χ0) is 34.5. The monoisotopic (exact) mass is 666 g/mol. The van der Waals surface area contributed by atoms with Gasteiger partial charge in [0.2, 0.25) is 0 Å². The van der Waals surface area contributed by atoms with Crippen molar-refractivity contribution < 1.29 is 37.0 Å². The number of rotatable bonds is 17. The molecule has 0 fully saturated rings. The first-order valence-corrected chi connectivity index (χ1v) is 17.5. The van der Waals surface area contributed by atoms with E-state index in [4.69, 9.17) is 14.2 Å². The molecule has 260 valence electrons. The minimum atomic E-state index is -4.69. The van der Waals surface area contributed by atoms with Gasteiger partial charge >= 0.3 is 18.1 Å². The van der Waals surface area contributed by atoms with E-state index < -0.39 is 36.2 Å². The Morgan fingerprint density at radius 2 is 1.46 bits per heavy atom. The van der Waals surface area contributed by atoms with Crippen LogP contribution in [0.4, 0.5) is 13.2 Å². The van der Waals surface area contributed by atoms with Gasteiger partial charge in [0.25, 0.3) is 0 Å². The molecule has 1 aliphatic carbocycles. The van der Waals surface area contributed by atoms with Crippen LogP contribution in [0.2, 0.25) is 0 Å². The lowest BCUT2D eigenvalue weighted by Gasteiger charge is -2.33. The summed E-state index contributed by atoms with van der Waals surface area (Å²) < 4.78 is 59.1. The summed E-state index contributed by atoms with van der Waals surface area (Å²) in [5, 5.41) is 0. The summed E-state index contributed by atoms with van der Waals surface area (Å²) in [4.78, 5) is 27.3. The molecule has 1 aliphatic rings. The van der Waals surface area contributed by atoms with Crippen molar-refractivity contribution in [1.29, 1.82) is 0 Å². The Morgan fingerprint density at radius 1 is 0.812 bits per heavy atom. The number of carbonyl (C=O) groups is 2. The molecule has 0 radical (unpaired) electrons. The molecule has 3 aromatic rings. The Balaban J connectivity index is 1.52. The van der Waals surface area contributed by atoms with Crippen molar-refractivity contribution in [2.24, 2.45) is 5.92 Å². The third kappa shape index (κ3) is 10.3. The van der Waals surface area contributed by atoms with Crippen LogP contribution < -0.4 is 4.74 Å². The fraction of sp³-hybridized carbons (Fsp3) is 0.500. The summed E-state index contributed by atoms with van der Waals surface area (Å²) in [6, 6.07) is 21.8. The number of unbranched alkanes of at least 4 members (excludes halogenated alkanes) is 6. The lowest BCUT2D eigenvalue weighted by molar-refractivity contribution is -0.227. The largest absolute Gasteiger partial charge is 0.491 e. The highest BCUT2D eigenvalue weighted by atomic mass is 19.4. The summed E-state index contributed by atoms with van der Waals surface area (Å²) in [5.41, 5.74) is 3.19. The van der Waals surface area contributed by atoms with Crippen molar-refractivity contribution in [2.45, 2.75) is 122 Å². The van der Waals surface area contributed by atoms with E-state index in [2.05, 4.69) is 13.8 Å². The fourth-order valence-electron chi connectivity index (χ4n) is 6.33. The molecule has 2 unspecified atom stereocenters. The SMILES string of the molecule is CCCCCC[C@H](C)Oc1ccc(-c2ccccc2C(=O)OC2c3ccccc3CCC2C(=O)O[C@H](CCCCCC)C(F)(F)F)cc1. The number of benzene rings is 3. The van der Waals surface area contributed by atoms with E-state index in [-0.39, 0.29) is 24.5 Å². The molecule has 8 heteroatoms. The standard InChI is InChI=1S/C40H49F3O5/c1-4-6-8-10-16-28(3)46-31-25-22-30(23-26-31)32-18-14-15-20-34(32)38(44)48-37-33-19-13-12-17-29(33)24-27-35(37)39(45)47-36(40(41,42)43)21-11-9-7-5-2/h12-15,17-20,22-23,25-26,28,35-37H,4-11,16,21,24,27H2,1-3H3/t28-,35?,36+,37?/m0/s1. The third-order valence-corrected chi connectivity index (χ3v) is 9.05. The van der Waals surface area contributed by atoms with Crippen LogP contribution in [-0.2, 0) is 20.7 Å². The van der Waals surface area contributed by atoms with Crippen molar-refractivity contribution in [2.75, 3.05) is 0 Å². The average molecular weight is 667 g/mol. The Hall–Kier alpha value is -3.81. The van der Waals surface area contributed by atoms with Crippen molar-refractivity contribution in [3.8, 4) is 16.9 Å². The summed E-state index contributed by atoms with van der Waals surface area (Å²) in [5.74, 6) is -2.00. The molecular weight excluding hydrogens is 617 g/mol. The minimum Gasteiger partial charge on any atom is -0.491 e. The van der Waals surface area contributed by atoms with Gasteiger partial charge in [-0.1, -0.05) is 107 Å². The normalized spacial score (nSPS) is 17.2. The van der Waals surface area contributed by atoms with Gasteiger partial charge in [0.1, 0.15) is 11.9 Å². The second-order valence-electron chi connectivity index (χ2n) is 12.8. The third-order valence-electron chi connectivity index (χ3n) is 9.05. The number of alkyl halides is 3. The van der Waals surface area contributed by atoms with Gasteiger partial charge in [-0.2, -0.15) is 13.2 Å². The first kappa shape index (κ1) is 37.0. The highest BCUT2D eigenvalue weighted by Gasteiger charge is 2.46. The predicted octanol–water partition coefficient (Wildman–Crippen LogP) is 11.0. The van der Waals surface area contributed by atoms with E-state index in [1.54, 1.807) is 24.3 Å². The number of esters is 2. The maximum Gasteiger partial charge on any atom is 0.425 e. The number of ether oxygens (including phenoxy) is 3. The summed E-state index contributed by atoms with van der Waals surface area (Å²) >= 11 is 0. The fourth-order valence-corrected chi connectivity index (χ4v) is 6.33. The van der Waals surface area contributed by atoms with Gasteiger partial charge in [-0.3, -0.25) is 4.79 Å². The van der Waals surface area contributed by atoms with Crippen molar-refractivity contribution >= 4 is 11.9 Å². The number of halogens is 3. The van der Waals surface area contributed by atoms with Crippen LogP contribution in [0.5, 0.6) is 5.75 Å². The zero-order valence-corrected chi connectivity index (χ0v) is 28.4. The summed E-state index contributed by atoms with van der Waals surface area (Å²) in [6.07, 6.45) is 0.799. The van der Waals surface area contributed by atoms with Crippen LogP contribution in [0, 0.1) is 5.92 Å². The number of carbonyl (C=O) groups excluding carboxylic acids is 2. The quantitative estimate of drug-likeness (QED) is 0.106. The van der Waals surface area contributed by atoms with E-state index in [0.717, 1.165) is 42.6 Å². The van der Waals surface area contributed by atoms with Crippen LogP contribution in [0.3, 0.4) is 0 Å². The molecule has 48 heavy (non-hydrogen) atoms. The molecule has 0 bridgehead atoms. The highest BCUT2D eigenvalue weighted by Crippen LogP contribution is 2.40. The van der Waals surface area contributed by atoms with Crippen LogP contribution in [-0.4, -0.2) is 30.3 Å². The Kier molecular flexibility index (Phi) is 14.0. The van der Waals surface area contributed by atoms with Gasteiger partial charge in [-0.05, 0) is 85.9 Å². The number of aryl methyl sites for hydroxylation is 1. The van der Waals surface area contributed by atoms with Crippen LogP contribution in [0.25, 0.3) is 11.1 Å². The lowest BCUT2D eigenvalue weighted by Crippen LogP contribution is -2.39. The molecule has 0 saturated carbocycles. The van der Waals surface area contributed by atoms with Gasteiger partial charge in [-0.25, -0.2) is 4.79 Å². The molecule has 4 atom stereocenters. The molecule has 0 saturated heterocycles. The second kappa shape index (κ2) is 18.1. The van der Waals surface area contributed by atoms with Crippen LogP contribution >= 0.6 is 0 Å². The summed E-state index contributed by atoms with van der Waals surface area (Å²) in [6.45, 7) is 6.23. The van der Waals surface area contributed by atoms with E-state index in [1.807, 2.05) is 55.5 Å². The van der Waals surface area contributed by atoms with Gasteiger partial charge in [0.15, 0.2) is 6.10 Å². The van der Waals surface area contributed by atoms with Crippen molar-refractivity contribution in [3.63, 3.8) is 0 Å². The first-order chi connectivity index (χ1) is 23.1. The first-order valence-electron chi connectivity index (χ1n) is 17.5. The molecular formula is C40H49F3O5. The molecule has 0 amide bonds. The molecule has 0 heterocycles. The Bertz CT molecular complexity index is 1450. The van der Waals surface area contributed by atoms with Gasteiger partial charge < -0.3 is 14.2 Å². The molecule has 0 aliphatic heterocycles. The average Bonchev–Trinajstić information content (AvgIpc) is 3.08. The lowest BCUT2D eigenvalue weighted by atomic mass is 9.81. The number of fused-ring (bicyclic) bond motifs is 1. The Labute approximate surface area is 283 Å². The molecule has 0 spiro atoms. The zero-order valence-electron chi connectivity index (χ0n) is 28.4. The van der Waals surface area contributed by atoms with E-state index in [0.29, 0.717) is 30.4 Å². The molecule has 5 nitrogen and oxygen atoms in total. The highest BCUT2D eigenvalue weighted by molar-refractivity contribution is 5.97. The number of hydrogen-bond donors (Lipinski definition) is 0. The minimum absolute atomic E-state index is 0.0837. The maximum atomic E-state index is 13.9. The molecule has 0 N–H and O–H groups in total. The topological polar surface area (TPSA) is 61.8 Å². The Morgan fingerprint density at radius 3 is 2.15 bits per heavy atom. The number of hydrogen-bond acceptors (Lipinski definition) is 5. The van der Waals surface area contributed by atoms with E-state index >= 15 is 0 Å².